The van der Waals surface area contributed by atoms with Gasteiger partial charge in [-0.05, 0) is 91.3 Å². The van der Waals surface area contributed by atoms with E-state index in [0.29, 0.717) is 35.3 Å². The number of benzene rings is 4. The summed E-state index contributed by atoms with van der Waals surface area (Å²) < 4.78 is 39.1. The average molecular weight is 572 g/mol. The van der Waals surface area contributed by atoms with Crippen LogP contribution in [0.4, 0.5) is 24.5 Å². The number of piperidine rings is 1. The first-order valence-corrected chi connectivity index (χ1v) is 13.8. The standard InChI is InChI=1S/C34H31F3N2O3/c1-33(25-7-3-2-4-8-25)22-23(21-31(40)41)19-20-39(33)28-17-15-27(16-18-28)38-32(42)30-10-6-5-9-29(30)24-11-13-26(14-12-24)34(35,36)37/h2-18,23H,19-22H2,1H3,(H,38,42)(H,40,41)/p-1. The van der Waals surface area contributed by atoms with Crippen molar-refractivity contribution in [3.63, 3.8) is 0 Å². The van der Waals surface area contributed by atoms with Crippen LogP contribution in [0, 0.1) is 5.92 Å². The minimum atomic E-state index is -4.44. The molecule has 8 heteroatoms. The fraction of sp³-hybridized carbons (Fsp3) is 0.235. The van der Waals surface area contributed by atoms with E-state index in [1.165, 1.54) is 12.1 Å². The highest BCUT2D eigenvalue weighted by Gasteiger charge is 2.40. The van der Waals surface area contributed by atoms with Gasteiger partial charge in [0.2, 0.25) is 0 Å². The molecule has 0 aromatic heterocycles. The number of nitrogens with one attached hydrogen (secondary N) is 1. The molecule has 1 aliphatic heterocycles. The van der Waals surface area contributed by atoms with Crippen molar-refractivity contribution in [2.45, 2.75) is 37.9 Å². The van der Waals surface area contributed by atoms with Crippen molar-refractivity contribution in [1.82, 2.24) is 0 Å². The number of nitrogens with zero attached hydrogens (tertiary/aromatic N) is 1. The van der Waals surface area contributed by atoms with Gasteiger partial charge in [0.05, 0.1) is 11.1 Å². The Balaban J connectivity index is 1.36. The lowest BCUT2D eigenvalue weighted by Gasteiger charge is -2.50. The molecule has 216 valence electrons. The van der Waals surface area contributed by atoms with Crippen molar-refractivity contribution >= 4 is 23.3 Å². The number of carbonyl (C=O) groups is 2. The maximum absolute atomic E-state index is 13.3. The van der Waals surface area contributed by atoms with E-state index in [0.717, 1.165) is 29.8 Å². The average Bonchev–Trinajstić information content (AvgIpc) is 2.97. The Labute approximate surface area is 242 Å². The predicted octanol–water partition coefficient (Wildman–Crippen LogP) is 6.90. The molecule has 2 atom stereocenters. The van der Waals surface area contributed by atoms with Crippen molar-refractivity contribution in [3.8, 4) is 11.1 Å². The molecule has 0 saturated carbocycles. The van der Waals surface area contributed by atoms with E-state index in [1.54, 1.807) is 24.3 Å². The molecule has 1 saturated heterocycles. The third-order valence-electron chi connectivity index (χ3n) is 8.03. The van der Waals surface area contributed by atoms with Crippen LogP contribution in [0.3, 0.4) is 0 Å². The summed E-state index contributed by atoms with van der Waals surface area (Å²) >= 11 is 0. The van der Waals surface area contributed by atoms with Gasteiger partial charge in [0.15, 0.2) is 0 Å². The van der Waals surface area contributed by atoms with E-state index in [9.17, 15) is 27.9 Å². The van der Waals surface area contributed by atoms with Crippen LogP contribution in [-0.4, -0.2) is 18.4 Å². The zero-order chi connectivity index (χ0) is 29.9. The normalized spacial score (nSPS) is 18.9. The summed E-state index contributed by atoms with van der Waals surface area (Å²) in [4.78, 5) is 26.9. The third-order valence-corrected chi connectivity index (χ3v) is 8.03. The van der Waals surface area contributed by atoms with Crippen molar-refractivity contribution in [3.05, 3.63) is 120 Å². The van der Waals surface area contributed by atoms with Crippen molar-refractivity contribution in [2.24, 2.45) is 5.92 Å². The van der Waals surface area contributed by atoms with Gasteiger partial charge in [-0.1, -0.05) is 60.7 Å². The SMILES string of the molecule is CC1(c2ccccc2)CC(CC(=O)[O-])CCN1c1ccc(NC(=O)c2ccccc2-c2ccc(C(F)(F)F)cc2)cc1. The first-order chi connectivity index (χ1) is 20.0. The molecule has 0 radical (unpaired) electrons. The van der Waals surface area contributed by atoms with Crippen LogP contribution in [0.5, 0.6) is 0 Å². The van der Waals surface area contributed by atoms with Gasteiger partial charge in [-0.2, -0.15) is 13.2 Å². The summed E-state index contributed by atoms with van der Waals surface area (Å²) in [5.74, 6) is -1.42. The Morgan fingerprint density at radius 2 is 1.55 bits per heavy atom. The second-order valence-corrected chi connectivity index (χ2v) is 10.8. The van der Waals surface area contributed by atoms with Crippen LogP contribution in [0.2, 0.25) is 0 Å². The summed E-state index contributed by atoms with van der Waals surface area (Å²) in [5, 5.41) is 14.3. The van der Waals surface area contributed by atoms with Crippen molar-refractivity contribution in [2.75, 3.05) is 16.8 Å². The highest BCUT2D eigenvalue weighted by Crippen LogP contribution is 2.43. The largest absolute Gasteiger partial charge is 0.550 e. The monoisotopic (exact) mass is 571 g/mol. The van der Waals surface area contributed by atoms with Gasteiger partial charge >= 0.3 is 6.18 Å². The quantitative estimate of drug-likeness (QED) is 0.262. The number of halogens is 3. The lowest BCUT2D eigenvalue weighted by Crippen LogP contribution is -2.50. The van der Waals surface area contributed by atoms with Crippen LogP contribution >= 0.6 is 0 Å². The van der Waals surface area contributed by atoms with Gasteiger partial charge in [0, 0.05) is 29.5 Å². The van der Waals surface area contributed by atoms with Crippen LogP contribution < -0.4 is 15.3 Å². The van der Waals surface area contributed by atoms with E-state index in [1.807, 2.05) is 42.5 Å². The number of carboxylic acids is 1. The molecule has 1 N–H and O–H groups in total. The van der Waals surface area contributed by atoms with E-state index in [2.05, 4.69) is 29.3 Å². The first-order valence-electron chi connectivity index (χ1n) is 13.8. The summed E-state index contributed by atoms with van der Waals surface area (Å²) in [6.07, 6.45) is -3.04. The summed E-state index contributed by atoms with van der Waals surface area (Å²) in [5.41, 5.74) is 2.78. The van der Waals surface area contributed by atoms with Gasteiger partial charge in [0.1, 0.15) is 0 Å². The molecule has 0 spiro atoms. The molecule has 2 unspecified atom stereocenters. The number of aliphatic carboxylic acids is 1. The maximum Gasteiger partial charge on any atom is 0.416 e. The minimum Gasteiger partial charge on any atom is -0.550 e. The molecule has 42 heavy (non-hydrogen) atoms. The Bertz CT molecular complexity index is 1550. The molecule has 1 amide bonds. The van der Waals surface area contributed by atoms with Gasteiger partial charge in [-0.3, -0.25) is 4.79 Å². The zero-order valence-corrected chi connectivity index (χ0v) is 23.0. The summed E-state index contributed by atoms with van der Waals surface area (Å²) in [6.45, 7) is 2.78. The Kier molecular flexibility index (Phi) is 8.07. The molecule has 4 aromatic rings. The van der Waals surface area contributed by atoms with E-state index in [4.69, 9.17) is 0 Å². The van der Waals surface area contributed by atoms with Crippen molar-refractivity contribution < 1.29 is 27.9 Å². The minimum absolute atomic E-state index is 0.000230. The molecule has 1 aliphatic rings. The smallest absolute Gasteiger partial charge is 0.416 e. The van der Waals surface area contributed by atoms with E-state index in [-0.39, 0.29) is 18.2 Å². The van der Waals surface area contributed by atoms with E-state index < -0.39 is 23.2 Å². The van der Waals surface area contributed by atoms with Gasteiger partial charge in [-0.25, -0.2) is 0 Å². The topological polar surface area (TPSA) is 72.5 Å². The zero-order valence-electron chi connectivity index (χ0n) is 23.0. The highest BCUT2D eigenvalue weighted by atomic mass is 19.4. The second-order valence-electron chi connectivity index (χ2n) is 10.8. The molecular formula is C34H30F3N2O3-. The third kappa shape index (κ3) is 6.17. The fourth-order valence-electron chi connectivity index (χ4n) is 5.92. The highest BCUT2D eigenvalue weighted by molar-refractivity contribution is 6.08. The van der Waals surface area contributed by atoms with Crippen LogP contribution in [0.25, 0.3) is 11.1 Å². The molecule has 0 aliphatic carbocycles. The van der Waals surface area contributed by atoms with Gasteiger partial charge < -0.3 is 20.1 Å². The van der Waals surface area contributed by atoms with Crippen LogP contribution in [0.1, 0.15) is 47.7 Å². The molecule has 5 rings (SSSR count). The van der Waals surface area contributed by atoms with Crippen LogP contribution in [-0.2, 0) is 16.5 Å². The number of carboxylic acid groups (broad SMARTS) is 1. The first kappa shape index (κ1) is 28.9. The van der Waals surface area contributed by atoms with Gasteiger partial charge in [-0.15, -0.1) is 0 Å². The Morgan fingerprint density at radius 3 is 2.19 bits per heavy atom. The fourth-order valence-corrected chi connectivity index (χ4v) is 5.92. The second kappa shape index (κ2) is 11.7. The summed E-state index contributed by atoms with van der Waals surface area (Å²) in [7, 11) is 0. The molecular weight excluding hydrogens is 541 g/mol. The molecule has 5 nitrogen and oxygen atoms in total. The van der Waals surface area contributed by atoms with Crippen LogP contribution in [0.15, 0.2) is 103 Å². The molecule has 1 fully saturated rings. The number of hydrogen-bond acceptors (Lipinski definition) is 4. The molecule has 1 heterocycles. The number of carbonyl (C=O) groups excluding carboxylic acids is 2. The number of rotatable bonds is 7. The number of anilines is 2. The number of amides is 1. The van der Waals surface area contributed by atoms with Gasteiger partial charge in [0.25, 0.3) is 5.91 Å². The lowest BCUT2D eigenvalue weighted by molar-refractivity contribution is -0.307. The van der Waals surface area contributed by atoms with E-state index >= 15 is 0 Å². The lowest BCUT2D eigenvalue weighted by atomic mass is 9.75. The molecule has 0 bridgehead atoms. The number of hydrogen-bond donors (Lipinski definition) is 1. The number of alkyl halides is 3. The predicted molar refractivity (Wildman–Crippen MR) is 155 cm³/mol. The summed E-state index contributed by atoms with van der Waals surface area (Å²) in [6, 6.07) is 29.0. The Morgan fingerprint density at radius 1 is 0.905 bits per heavy atom. The Hall–Kier alpha value is -4.59. The van der Waals surface area contributed by atoms with Crippen molar-refractivity contribution in [1.29, 1.82) is 0 Å². The molecule has 4 aromatic carbocycles. The maximum atomic E-state index is 13.3.